The molecule has 2 aromatic carbocycles. The molecule has 1 N–H and O–H groups in total. The van der Waals surface area contributed by atoms with Crippen LogP contribution in [0.2, 0.25) is 0 Å². The molecule has 0 amide bonds. The summed E-state index contributed by atoms with van der Waals surface area (Å²) in [6, 6.07) is 13.3. The van der Waals surface area contributed by atoms with Crippen molar-refractivity contribution in [1.82, 2.24) is 0 Å². The third-order valence-corrected chi connectivity index (χ3v) is 3.44. The molecular formula is C17H15NO3. The number of hydrogen-bond donors (Lipinski definition) is 1. The molecule has 0 saturated heterocycles. The van der Waals surface area contributed by atoms with Gasteiger partial charge in [0.1, 0.15) is 22.8 Å². The Balaban J connectivity index is 2.13. The molecule has 0 spiro atoms. The van der Waals surface area contributed by atoms with Gasteiger partial charge in [0.2, 0.25) is 0 Å². The number of hydrogen-bond acceptors (Lipinski definition) is 4. The molecule has 21 heavy (non-hydrogen) atoms. The first-order chi connectivity index (χ1) is 10.3. The summed E-state index contributed by atoms with van der Waals surface area (Å²) in [6.45, 7) is 0. The summed E-state index contributed by atoms with van der Waals surface area (Å²) in [5.41, 5.74) is 2.42. The van der Waals surface area contributed by atoms with Crippen molar-refractivity contribution in [3.8, 4) is 22.8 Å². The van der Waals surface area contributed by atoms with E-state index in [4.69, 9.17) is 19.3 Å². The Morgan fingerprint density at radius 1 is 1.00 bits per heavy atom. The molecule has 0 fully saturated rings. The van der Waals surface area contributed by atoms with Crippen LogP contribution in [0.3, 0.4) is 0 Å². The minimum atomic E-state index is 0.666. The standard InChI is InChI=1S/C17H15NO3/c1-19-12-5-3-11(4-6-12)17-9-13-14(10-18)15(20-2)7-8-16(13)21-17/h3-10,18H,1-2H3. The third-order valence-electron chi connectivity index (χ3n) is 3.44. The molecular weight excluding hydrogens is 266 g/mol. The summed E-state index contributed by atoms with van der Waals surface area (Å²) in [5, 5.41) is 8.44. The first kappa shape index (κ1) is 13.2. The second-order valence-corrected chi connectivity index (χ2v) is 4.58. The second-order valence-electron chi connectivity index (χ2n) is 4.58. The number of nitrogens with one attached hydrogen (secondary N) is 1. The van der Waals surface area contributed by atoms with Gasteiger partial charge in [0.25, 0.3) is 0 Å². The van der Waals surface area contributed by atoms with Crippen molar-refractivity contribution in [2.24, 2.45) is 0 Å². The van der Waals surface area contributed by atoms with Gasteiger partial charge in [0.05, 0.1) is 14.2 Å². The zero-order valence-electron chi connectivity index (χ0n) is 11.8. The second kappa shape index (κ2) is 5.32. The first-order valence-electron chi connectivity index (χ1n) is 6.52. The molecule has 1 aromatic heterocycles. The van der Waals surface area contributed by atoms with Crippen LogP contribution < -0.4 is 9.47 Å². The number of benzene rings is 2. The molecule has 0 aliphatic carbocycles. The third kappa shape index (κ3) is 2.25. The molecule has 4 heteroatoms. The Kier molecular flexibility index (Phi) is 3.36. The summed E-state index contributed by atoms with van der Waals surface area (Å²) < 4.78 is 16.3. The lowest BCUT2D eigenvalue weighted by Crippen LogP contribution is -1.90. The molecule has 106 valence electrons. The topological polar surface area (TPSA) is 55.5 Å². The molecule has 4 nitrogen and oxygen atoms in total. The van der Waals surface area contributed by atoms with E-state index in [1.165, 1.54) is 6.21 Å². The van der Waals surface area contributed by atoms with E-state index in [0.29, 0.717) is 5.75 Å². The molecule has 3 aromatic rings. The highest BCUT2D eigenvalue weighted by Crippen LogP contribution is 2.33. The summed E-state index contributed by atoms with van der Waals surface area (Å²) >= 11 is 0. The number of fused-ring (bicyclic) bond motifs is 1. The average Bonchev–Trinajstić information content (AvgIpc) is 2.97. The van der Waals surface area contributed by atoms with E-state index in [2.05, 4.69) is 0 Å². The molecule has 0 bridgehead atoms. The smallest absolute Gasteiger partial charge is 0.135 e. The van der Waals surface area contributed by atoms with Crippen molar-refractivity contribution in [3.63, 3.8) is 0 Å². The van der Waals surface area contributed by atoms with Gasteiger partial charge in [-0.2, -0.15) is 0 Å². The highest BCUT2D eigenvalue weighted by Gasteiger charge is 2.12. The van der Waals surface area contributed by atoms with Crippen LogP contribution in [-0.2, 0) is 0 Å². The van der Waals surface area contributed by atoms with Crippen molar-refractivity contribution in [2.75, 3.05) is 14.2 Å². The zero-order valence-corrected chi connectivity index (χ0v) is 11.8. The Morgan fingerprint density at radius 2 is 1.76 bits per heavy atom. The fourth-order valence-corrected chi connectivity index (χ4v) is 2.34. The minimum Gasteiger partial charge on any atom is -0.497 e. The number of rotatable bonds is 4. The lowest BCUT2D eigenvalue weighted by atomic mass is 10.1. The Labute approximate surface area is 122 Å². The first-order valence-corrected chi connectivity index (χ1v) is 6.52. The maximum absolute atomic E-state index is 7.57. The van der Waals surface area contributed by atoms with Gasteiger partial charge in [-0.1, -0.05) is 0 Å². The van der Waals surface area contributed by atoms with E-state index in [-0.39, 0.29) is 0 Å². The summed E-state index contributed by atoms with van der Waals surface area (Å²) in [6.07, 6.45) is 1.29. The van der Waals surface area contributed by atoms with Gasteiger partial charge in [-0.25, -0.2) is 0 Å². The predicted molar refractivity (Wildman–Crippen MR) is 82.6 cm³/mol. The van der Waals surface area contributed by atoms with Gasteiger partial charge in [-0.15, -0.1) is 0 Å². The van der Waals surface area contributed by atoms with Crippen LogP contribution in [0.1, 0.15) is 5.56 Å². The number of ether oxygens (including phenoxy) is 2. The number of methoxy groups -OCH3 is 2. The quantitative estimate of drug-likeness (QED) is 0.732. The average molecular weight is 281 g/mol. The molecule has 0 unspecified atom stereocenters. The lowest BCUT2D eigenvalue weighted by molar-refractivity contribution is 0.414. The molecule has 0 aliphatic rings. The molecule has 0 radical (unpaired) electrons. The minimum absolute atomic E-state index is 0.666. The predicted octanol–water partition coefficient (Wildman–Crippen LogP) is 4.11. The van der Waals surface area contributed by atoms with Gasteiger partial charge < -0.3 is 19.3 Å². The monoisotopic (exact) mass is 281 g/mol. The normalized spacial score (nSPS) is 10.6. The highest BCUT2D eigenvalue weighted by molar-refractivity contribution is 6.01. The zero-order chi connectivity index (χ0) is 14.8. The molecule has 0 aliphatic heterocycles. The summed E-state index contributed by atoms with van der Waals surface area (Å²) in [4.78, 5) is 0. The maximum Gasteiger partial charge on any atom is 0.135 e. The van der Waals surface area contributed by atoms with Crippen LogP contribution in [-0.4, -0.2) is 20.4 Å². The maximum atomic E-state index is 7.57. The van der Waals surface area contributed by atoms with Gasteiger partial charge in [0, 0.05) is 22.7 Å². The Hall–Kier alpha value is -2.75. The van der Waals surface area contributed by atoms with Gasteiger partial charge in [-0.3, -0.25) is 0 Å². The van der Waals surface area contributed by atoms with Gasteiger partial charge in [0.15, 0.2) is 0 Å². The van der Waals surface area contributed by atoms with Gasteiger partial charge >= 0.3 is 0 Å². The van der Waals surface area contributed by atoms with Crippen molar-refractivity contribution in [1.29, 1.82) is 5.41 Å². The van der Waals surface area contributed by atoms with E-state index in [9.17, 15) is 0 Å². The van der Waals surface area contributed by atoms with Crippen LogP contribution in [0.25, 0.3) is 22.3 Å². The molecule has 0 saturated carbocycles. The van der Waals surface area contributed by atoms with Crippen molar-refractivity contribution in [3.05, 3.63) is 48.0 Å². The fraction of sp³-hybridized carbons (Fsp3) is 0.118. The highest BCUT2D eigenvalue weighted by atomic mass is 16.5. The van der Waals surface area contributed by atoms with E-state index >= 15 is 0 Å². The van der Waals surface area contributed by atoms with Crippen LogP contribution in [0.5, 0.6) is 11.5 Å². The van der Waals surface area contributed by atoms with E-state index in [0.717, 1.165) is 33.6 Å². The molecule has 3 rings (SSSR count). The van der Waals surface area contributed by atoms with Crippen LogP contribution in [0.4, 0.5) is 0 Å². The van der Waals surface area contributed by atoms with Gasteiger partial charge in [-0.05, 0) is 42.5 Å². The van der Waals surface area contributed by atoms with E-state index < -0.39 is 0 Å². The number of furan rings is 1. The summed E-state index contributed by atoms with van der Waals surface area (Å²) in [7, 11) is 3.23. The van der Waals surface area contributed by atoms with E-state index in [1.807, 2.05) is 42.5 Å². The van der Waals surface area contributed by atoms with Crippen LogP contribution in [0, 0.1) is 5.41 Å². The lowest BCUT2D eigenvalue weighted by Gasteiger charge is -2.03. The van der Waals surface area contributed by atoms with Crippen molar-refractivity contribution >= 4 is 17.2 Å². The van der Waals surface area contributed by atoms with Crippen molar-refractivity contribution < 1.29 is 13.9 Å². The summed E-state index contributed by atoms with van der Waals surface area (Å²) in [5.74, 6) is 2.22. The fourth-order valence-electron chi connectivity index (χ4n) is 2.34. The SMILES string of the molecule is COc1ccc(-c2cc3c(C=N)c(OC)ccc3o2)cc1. The largest absolute Gasteiger partial charge is 0.497 e. The van der Waals surface area contributed by atoms with E-state index in [1.54, 1.807) is 14.2 Å². The van der Waals surface area contributed by atoms with Crippen LogP contribution in [0.15, 0.2) is 46.9 Å². The molecule has 0 atom stereocenters. The van der Waals surface area contributed by atoms with Crippen LogP contribution >= 0.6 is 0 Å². The Bertz CT molecular complexity index is 788. The van der Waals surface area contributed by atoms with Crippen molar-refractivity contribution in [2.45, 2.75) is 0 Å². The molecule has 1 heterocycles. The Morgan fingerprint density at radius 3 is 2.38 bits per heavy atom.